The Morgan fingerprint density at radius 3 is 1.40 bits per heavy atom. The number of anilines is 3. The normalized spacial score (nSPS) is 13.1. The van der Waals surface area contributed by atoms with E-state index in [1.54, 1.807) is 0 Å². The van der Waals surface area contributed by atoms with Gasteiger partial charge >= 0.3 is 0 Å². The van der Waals surface area contributed by atoms with Gasteiger partial charge in [-0.2, -0.15) is 0 Å². The Balaban J connectivity index is 1.10. The number of para-hydroxylation sites is 2. The van der Waals surface area contributed by atoms with Crippen molar-refractivity contribution < 1.29 is 4.74 Å². The summed E-state index contributed by atoms with van der Waals surface area (Å²) in [6.07, 6.45) is 0. The van der Waals surface area contributed by atoms with E-state index in [1.165, 1.54) is 96.3 Å². The van der Waals surface area contributed by atoms with Gasteiger partial charge in [0, 0.05) is 53.8 Å². The van der Waals surface area contributed by atoms with Crippen LogP contribution < -0.4 is 9.64 Å². The molecule has 0 saturated heterocycles. The summed E-state index contributed by atoms with van der Waals surface area (Å²) in [5.74, 6) is 1.71. The molecule has 2 heterocycles. The van der Waals surface area contributed by atoms with Gasteiger partial charge in [-0.05, 0) is 154 Å². The minimum Gasteiger partial charge on any atom is -0.456 e. The molecule has 2 nitrogen and oxygen atoms in total. The summed E-state index contributed by atoms with van der Waals surface area (Å²) in [6.45, 7) is 4.75. The first-order valence-electron chi connectivity index (χ1n) is 24.9. The second-order valence-electron chi connectivity index (χ2n) is 19.9. The molecule has 1 aromatic heterocycles. The Kier molecular flexibility index (Phi) is 8.91. The molecule has 12 aromatic carbocycles. The molecule has 0 N–H and O–H groups in total. The van der Waals surface area contributed by atoms with Gasteiger partial charge in [0.05, 0.1) is 0 Å². The fraction of sp³-hybridized carbons (Fsp3) is 0.0435. The highest BCUT2D eigenvalue weighted by atomic mass is 32.1. The van der Waals surface area contributed by atoms with Crippen LogP contribution in [0.4, 0.5) is 17.1 Å². The molecule has 0 atom stereocenters. The Bertz CT molecular complexity index is 4540. The molecular weight excluding hydrogens is 891 g/mol. The maximum atomic E-state index is 6.71. The van der Waals surface area contributed by atoms with Crippen molar-refractivity contribution in [2.24, 2.45) is 0 Å². The molecule has 0 radical (unpaired) electrons. The number of hydrogen-bond acceptors (Lipinski definition) is 3. The summed E-state index contributed by atoms with van der Waals surface area (Å²) in [7, 11) is 0. The second-order valence-corrected chi connectivity index (χ2v) is 21.0. The van der Waals surface area contributed by atoms with Gasteiger partial charge in [-0.25, -0.2) is 0 Å². The van der Waals surface area contributed by atoms with Gasteiger partial charge in [-0.15, -0.1) is 11.3 Å². The topological polar surface area (TPSA) is 12.5 Å². The summed E-state index contributed by atoms with van der Waals surface area (Å²) >= 11 is 1.88. The molecule has 2 aliphatic rings. The number of hydrogen-bond donors (Lipinski definition) is 0. The standard InChI is InChI=1S/C69H45NOS/c1-69(2)63-27-13-9-23-53(63)54-36-33-44(39-64(54)69)70(42-32-35-52-55-24-10-14-28-65(55)71-66-29-15-11-25-56(66)58(52)37-42)43-31-34-51-49-21-6-5-19-47(49)45-17-3-4-18-46(45)48-20-7-8-22-50(48)61-41-68-62(40-60(61)59(51)38-43)57-26-12-16-30-67(57)72-68/h3-41H,1-2H3. The van der Waals surface area contributed by atoms with Gasteiger partial charge < -0.3 is 9.64 Å². The van der Waals surface area contributed by atoms with Crippen molar-refractivity contribution in [1.82, 2.24) is 0 Å². The second kappa shape index (κ2) is 15.6. The predicted octanol–water partition coefficient (Wildman–Crippen LogP) is 20.2. The molecule has 1 aliphatic carbocycles. The van der Waals surface area contributed by atoms with E-state index in [-0.39, 0.29) is 5.41 Å². The number of nitrogens with zero attached hydrogens (tertiary/aromatic N) is 1. The first kappa shape index (κ1) is 41.1. The van der Waals surface area contributed by atoms with Crippen LogP contribution in [0.1, 0.15) is 25.0 Å². The summed E-state index contributed by atoms with van der Waals surface area (Å²) in [5, 5.41) is 14.7. The summed E-state index contributed by atoms with van der Waals surface area (Å²) < 4.78 is 9.29. The maximum absolute atomic E-state index is 6.71. The van der Waals surface area contributed by atoms with Crippen LogP contribution in [0.15, 0.2) is 237 Å². The van der Waals surface area contributed by atoms with Crippen molar-refractivity contribution in [3.63, 3.8) is 0 Å². The van der Waals surface area contributed by atoms with Gasteiger partial charge in [0.2, 0.25) is 0 Å². The lowest BCUT2D eigenvalue weighted by Gasteiger charge is -2.29. The van der Waals surface area contributed by atoms with Gasteiger partial charge in [0.15, 0.2) is 0 Å². The molecule has 0 saturated carbocycles. The first-order chi connectivity index (χ1) is 35.5. The summed E-state index contributed by atoms with van der Waals surface area (Å²) in [4.78, 5) is 2.49. The van der Waals surface area contributed by atoms with Crippen molar-refractivity contribution in [2.75, 3.05) is 4.90 Å². The molecule has 0 fully saturated rings. The minimum atomic E-state index is -0.189. The van der Waals surface area contributed by atoms with Crippen molar-refractivity contribution >= 4 is 102 Å². The summed E-state index contributed by atoms with van der Waals surface area (Å²) in [5.41, 5.74) is 12.8. The first-order valence-corrected chi connectivity index (χ1v) is 25.7. The van der Waals surface area contributed by atoms with Crippen molar-refractivity contribution in [3.8, 4) is 44.9 Å². The average Bonchev–Trinajstić information content (AvgIpc) is 3.85. The zero-order chi connectivity index (χ0) is 47.7. The Morgan fingerprint density at radius 2 is 0.736 bits per heavy atom. The lowest BCUT2D eigenvalue weighted by molar-refractivity contribution is 0.488. The van der Waals surface area contributed by atoms with Crippen molar-refractivity contribution in [1.29, 1.82) is 0 Å². The van der Waals surface area contributed by atoms with Crippen LogP contribution in [0.5, 0.6) is 11.5 Å². The van der Waals surface area contributed by atoms with Crippen LogP contribution in [-0.2, 0) is 5.41 Å². The van der Waals surface area contributed by atoms with E-state index in [0.29, 0.717) is 0 Å². The van der Waals surface area contributed by atoms with E-state index in [0.717, 1.165) is 50.8 Å². The number of fused-ring (bicyclic) bond motifs is 21. The molecule has 13 aromatic rings. The number of rotatable bonds is 3. The minimum absolute atomic E-state index is 0.189. The molecule has 0 bridgehead atoms. The molecule has 1 aliphatic heterocycles. The van der Waals surface area contributed by atoms with E-state index in [2.05, 4.69) is 255 Å². The van der Waals surface area contributed by atoms with Gasteiger partial charge in [-0.3, -0.25) is 0 Å². The monoisotopic (exact) mass is 935 g/mol. The summed E-state index contributed by atoms with van der Waals surface area (Å²) in [6, 6.07) is 88.0. The predicted molar refractivity (Wildman–Crippen MR) is 308 cm³/mol. The van der Waals surface area contributed by atoms with Gasteiger partial charge in [0.25, 0.3) is 0 Å². The van der Waals surface area contributed by atoms with E-state index in [9.17, 15) is 0 Å². The Hall–Kier alpha value is -8.76. The van der Waals surface area contributed by atoms with Crippen molar-refractivity contribution in [2.45, 2.75) is 19.3 Å². The SMILES string of the molecule is CC1(C)c2ccccc2-c2ccc(N(c3ccc4c(c3)-c3ccccc3Oc3ccccc3-4)c3ccc4c5ccccc5c5ccccc5c5ccccc5c5cc6sc7ccccc7c6cc5c4c3)cc21. The molecule has 0 amide bonds. The lowest BCUT2D eigenvalue weighted by atomic mass is 9.82. The molecule has 0 spiro atoms. The van der Waals surface area contributed by atoms with Crippen LogP contribution in [0.25, 0.3) is 107 Å². The van der Waals surface area contributed by atoms with Crippen LogP contribution in [-0.4, -0.2) is 0 Å². The van der Waals surface area contributed by atoms with Gasteiger partial charge in [0.1, 0.15) is 11.5 Å². The van der Waals surface area contributed by atoms with Crippen LogP contribution in [0.3, 0.4) is 0 Å². The largest absolute Gasteiger partial charge is 0.456 e. The van der Waals surface area contributed by atoms with Crippen LogP contribution >= 0.6 is 11.3 Å². The van der Waals surface area contributed by atoms with E-state index >= 15 is 0 Å². The van der Waals surface area contributed by atoms with Crippen molar-refractivity contribution in [3.05, 3.63) is 248 Å². The highest BCUT2D eigenvalue weighted by molar-refractivity contribution is 7.25. The van der Waals surface area contributed by atoms with Crippen LogP contribution in [0.2, 0.25) is 0 Å². The third-order valence-corrected chi connectivity index (χ3v) is 16.8. The average molecular weight is 936 g/mol. The fourth-order valence-corrected chi connectivity index (χ4v) is 13.4. The fourth-order valence-electron chi connectivity index (χ4n) is 12.3. The zero-order valence-corrected chi connectivity index (χ0v) is 40.6. The van der Waals surface area contributed by atoms with Crippen LogP contribution in [0, 0.1) is 0 Å². The van der Waals surface area contributed by atoms with E-state index < -0.39 is 0 Å². The third-order valence-electron chi connectivity index (χ3n) is 15.7. The smallest absolute Gasteiger partial charge is 0.135 e. The lowest BCUT2D eigenvalue weighted by Crippen LogP contribution is -2.16. The van der Waals surface area contributed by atoms with E-state index in [4.69, 9.17) is 4.74 Å². The number of benzene rings is 11. The molecule has 0 unspecified atom stereocenters. The molecule has 3 heteroatoms. The third kappa shape index (κ3) is 6.08. The highest BCUT2D eigenvalue weighted by Gasteiger charge is 2.36. The quantitative estimate of drug-likeness (QED) is 0.175. The highest BCUT2D eigenvalue weighted by Crippen LogP contribution is 2.53. The Morgan fingerprint density at radius 1 is 0.292 bits per heavy atom. The van der Waals surface area contributed by atoms with Gasteiger partial charge in [-0.1, -0.05) is 184 Å². The molecule has 338 valence electrons. The van der Waals surface area contributed by atoms with E-state index in [1.807, 2.05) is 11.3 Å². The zero-order valence-electron chi connectivity index (χ0n) is 39.8. The number of ether oxygens (including phenoxy) is 1. The number of thiophene rings is 1. The maximum Gasteiger partial charge on any atom is 0.135 e. The molecule has 72 heavy (non-hydrogen) atoms. The molecule has 15 rings (SSSR count). The molecular formula is C69H45NOS. The Labute approximate surface area is 421 Å².